The molecule has 3 fully saturated rings. The minimum Gasteiger partial charge on any atom is -0.342 e. The van der Waals surface area contributed by atoms with Crippen LogP contribution in [-0.2, 0) is 4.79 Å². The summed E-state index contributed by atoms with van der Waals surface area (Å²) >= 11 is 0. The van der Waals surface area contributed by atoms with E-state index in [4.69, 9.17) is 0 Å². The van der Waals surface area contributed by atoms with Crippen LogP contribution < -0.4 is 5.32 Å². The molecule has 1 amide bonds. The average molecular weight is 497 g/mol. The summed E-state index contributed by atoms with van der Waals surface area (Å²) in [6.45, 7) is 19.3. The van der Waals surface area contributed by atoms with Gasteiger partial charge in [0.2, 0.25) is 5.91 Å². The molecule has 0 aromatic carbocycles. The van der Waals surface area contributed by atoms with Crippen molar-refractivity contribution >= 4 is 5.91 Å². The predicted octanol–water partition coefficient (Wildman–Crippen LogP) is 7.94. The molecule has 204 valence electrons. The first-order valence-electron chi connectivity index (χ1n) is 14.8. The van der Waals surface area contributed by atoms with Crippen molar-refractivity contribution in [3.8, 4) is 0 Å². The summed E-state index contributed by atoms with van der Waals surface area (Å²) < 4.78 is 0. The summed E-state index contributed by atoms with van der Waals surface area (Å²) in [6, 6.07) is 0.960. The largest absolute Gasteiger partial charge is 0.342 e. The summed E-state index contributed by atoms with van der Waals surface area (Å²) in [5.41, 5.74) is 2.88. The van der Waals surface area contributed by atoms with E-state index in [1.165, 1.54) is 38.5 Å². The third kappa shape index (κ3) is 4.91. The van der Waals surface area contributed by atoms with Crippen LogP contribution >= 0.6 is 0 Å². The third-order valence-corrected chi connectivity index (χ3v) is 11.9. The predicted molar refractivity (Wildman–Crippen MR) is 155 cm³/mol. The Labute approximate surface area is 223 Å². The molecule has 3 nitrogen and oxygen atoms in total. The lowest BCUT2D eigenvalue weighted by atomic mass is 9.45. The quantitative estimate of drug-likeness (QED) is 0.286. The summed E-state index contributed by atoms with van der Waals surface area (Å²) in [5.74, 6) is 2.85. The highest BCUT2D eigenvalue weighted by molar-refractivity contribution is 5.76. The Hall–Kier alpha value is -1.35. The van der Waals surface area contributed by atoms with Gasteiger partial charge in [-0.2, -0.15) is 0 Å². The molecule has 0 bridgehead atoms. The molecule has 3 saturated carbocycles. The first-order chi connectivity index (χ1) is 17.0. The molecule has 0 saturated heterocycles. The van der Waals surface area contributed by atoms with E-state index in [0.717, 1.165) is 43.4 Å². The zero-order valence-electron chi connectivity index (χ0n) is 24.7. The van der Waals surface area contributed by atoms with E-state index in [9.17, 15) is 4.79 Å². The molecule has 0 aromatic heterocycles. The Balaban J connectivity index is 0.00000115. The number of amides is 1. The van der Waals surface area contributed by atoms with Gasteiger partial charge in [0.05, 0.1) is 0 Å². The normalized spacial score (nSPS) is 39.8. The number of hydrogen-bond acceptors (Lipinski definition) is 2. The van der Waals surface area contributed by atoms with Gasteiger partial charge in [0, 0.05) is 25.6 Å². The van der Waals surface area contributed by atoms with Crippen molar-refractivity contribution in [1.29, 1.82) is 0 Å². The zero-order valence-corrected chi connectivity index (χ0v) is 24.7. The third-order valence-electron chi connectivity index (χ3n) is 11.9. The molecule has 0 aliphatic heterocycles. The SMILES string of the molecule is C=CC.C=CCCCC(=O)N(C)C1CCC2(C)C(=CCC3C2CC[C@]2(C)[C@H]3CC[C@]2(C)[C@H](C)NC)C1. The smallest absolute Gasteiger partial charge is 0.222 e. The minimum absolute atomic E-state index is 0.317. The fraction of sp³-hybridized carbons (Fsp3) is 0.788. The first-order valence-corrected chi connectivity index (χ1v) is 14.8. The molecular weight excluding hydrogens is 440 g/mol. The molecule has 0 radical (unpaired) electrons. The van der Waals surface area contributed by atoms with Crippen LogP contribution in [0.1, 0.15) is 105 Å². The van der Waals surface area contributed by atoms with Crippen LogP contribution in [0.2, 0.25) is 0 Å². The molecule has 0 aromatic rings. The van der Waals surface area contributed by atoms with Crippen molar-refractivity contribution < 1.29 is 4.79 Å². The maximum Gasteiger partial charge on any atom is 0.222 e. The second-order valence-corrected chi connectivity index (χ2v) is 13.2. The lowest BCUT2D eigenvalue weighted by Crippen LogP contribution is -2.56. The van der Waals surface area contributed by atoms with Gasteiger partial charge in [-0.3, -0.25) is 4.79 Å². The lowest BCUT2D eigenvalue weighted by molar-refractivity contribution is -0.133. The highest BCUT2D eigenvalue weighted by atomic mass is 16.2. The van der Waals surface area contributed by atoms with Gasteiger partial charge in [-0.15, -0.1) is 13.2 Å². The number of nitrogens with zero attached hydrogens (tertiary/aromatic N) is 1. The van der Waals surface area contributed by atoms with Gasteiger partial charge in [-0.25, -0.2) is 0 Å². The van der Waals surface area contributed by atoms with Crippen molar-refractivity contribution in [3.05, 3.63) is 37.0 Å². The molecule has 3 heteroatoms. The molecule has 4 rings (SSSR count). The summed E-state index contributed by atoms with van der Waals surface area (Å²) in [5, 5.41) is 3.62. The topological polar surface area (TPSA) is 32.3 Å². The number of hydrogen-bond donors (Lipinski definition) is 1. The monoisotopic (exact) mass is 496 g/mol. The van der Waals surface area contributed by atoms with Gasteiger partial charge in [-0.1, -0.05) is 44.6 Å². The van der Waals surface area contributed by atoms with E-state index in [1.54, 1.807) is 11.6 Å². The van der Waals surface area contributed by atoms with Gasteiger partial charge in [-0.05, 0) is 119 Å². The standard InChI is InChI=1S/C30H50N2O.C3H6/c1-8-9-10-11-27(33)32(7)23-14-17-28(3)22(20-23)12-13-24-25(28)15-19-30(5)26(24)16-18-29(30,4)21(2)31-6;1-3-2/h8,12,21,23-26,31H,1,9-11,13-20H2,2-7H3;3H,1H2,2H3/t21-,23?,24?,25?,26-,28?,29+,30+;/m0./s1. The molecule has 4 unspecified atom stereocenters. The molecular formula is C33H56N2O. The minimum atomic E-state index is 0.317. The second-order valence-electron chi connectivity index (χ2n) is 13.2. The van der Waals surface area contributed by atoms with Crippen molar-refractivity contribution in [2.75, 3.05) is 14.1 Å². The maximum atomic E-state index is 12.8. The van der Waals surface area contributed by atoms with Crippen LogP contribution in [0.5, 0.6) is 0 Å². The summed E-state index contributed by atoms with van der Waals surface area (Å²) in [6.07, 6.45) is 19.2. The fourth-order valence-electron chi connectivity index (χ4n) is 9.08. The summed E-state index contributed by atoms with van der Waals surface area (Å²) in [4.78, 5) is 14.8. The van der Waals surface area contributed by atoms with E-state index in [-0.39, 0.29) is 0 Å². The molecule has 1 N–H and O–H groups in total. The Kier molecular flexibility index (Phi) is 9.40. The van der Waals surface area contributed by atoms with E-state index in [1.807, 2.05) is 20.0 Å². The number of rotatable bonds is 7. The van der Waals surface area contributed by atoms with Crippen LogP contribution in [0.15, 0.2) is 37.0 Å². The number of allylic oxidation sites excluding steroid dienone is 3. The lowest BCUT2D eigenvalue weighted by Gasteiger charge is -2.60. The maximum absolute atomic E-state index is 12.8. The number of carbonyl (C=O) groups is 1. The Morgan fingerprint density at radius 2 is 1.83 bits per heavy atom. The van der Waals surface area contributed by atoms with Crippen molar-refractivity contribution in [1.82, 2.24) is 10.2 Å². The number of fused-ring (bicyclic) bond motifs is 5. The van der Waals surface area contributed by atoms with Crippen LogP contribution in [0, 0.1) is 34.0 Å². The number of carbonyl (C=O) groups excluding carboxylic acids is 1. The van der Waals surface area contributed by atoms with Gasteiger partial charge in [0.1, 0.15) is 0 Å². The van der Waals surface area contributed by atoms with E-state index in [0.29, 0.717) is 40.7 Å². The van der Waals surface area contributed by atoms with Crippen molar-refractivity contribution in [2.45, 2.75) is 117 Å². The highest BCUT2D eigenvalue weighted by Gasteiger charge is 2.63. The van der Waals surface area contributed by atoms with E-state index >= 15 is 0 Å². The molecule has 36 heavy (non-hydrogen) atoms. The first kappa shape index (κ1) is 29.2. The molecule has 0 spiro atoms. The van der Waals surface area contributed by atoms with Crippen LogP contribution in [-0.4, -0.2) is 37.0 Å². The zero-order chi connectivity index (χ0) is 26.7. The van der Waals surface area contributed by atoms with Gasteiger partial charge in [0.25, 0.3) is 0 Å². The van der Waals surface area contributed by atoms with Crippen LogP contribution in [0.25, 0.3) is 0 Å². The van der Waals surface area contributed by atoms with E-state index < -0.39 is 0 Å². The number of nitrogens with one attached hydrogen (secondary N) is 1. The van der Waals surface area contributed by atoms with Gasteiger partial charge < -0.3 is 10.2 Å². The number of unbranched alkanes of at least 4 members (excludes halogenated alkanes) is 1. The molecule has 4 aliphatic carbocycles. The fourth-order valence-corrected chi connectivity index (χ4v) is 9.08. The Bertz CT molecular complexity index is 832. The molecule has 4 aliphatic rings. The van der Waals surface area contributed by atoms with Gasteiger partial charge in [0.15, 0.2) is 0 Å². The highest BCUT2D eigenvalue weighted by Crippen LogP contribution is 2.70. The van der Waals surface area contributed by atoms with Crippen LogP contribution in [0.4, 0.5) is 0 Å². The van der Waals surface area contributed by atoms with Crippen molar-refractivity contribution in [3.63, 3.8) is 0 Å². The Morgan fingerprint density at radius 1 is 1.17 bits per heavy atom. The van der Waals surface area contributed by atoms with E-state index in [2.05, 4.69) is 64.2 Å². The molecule has 0 heterocycles. The average Bonchev–Trinajstić information content (AvgIpc) is 3.14. The Morgan fingerprint density at radius 3 is 2.47 bits per heavy atom. The second kappa shape index (κ2) is 11.6. The summed E-state index contributed by atoms with van der Waals surface area (Å²) in [7, 11) is 4.19. The van der Waals surface area contributed by atoms with Crippen molar-refractivity contribution in [2.24, 2.45) is 34.0 Å². The van der Waals surface area contributed by atoms with Crippen LogP contribution in [0.3, 0.4) is 0 Å². The van der Waals surface area contributed by atoms with Gasteiger partial charge >= 0.3 is 0 Å². The molecule has 8 atom stereocenters.